The van der Waals surface area contributed by atoms with Gasteiger partial charge in [0.05, 0.1) is 13.2 Å². The maximum atomic E-state index is 9.14. The van der Waals surface area contributed by atoms with Crippen molar-refractivity contribution in [3.63, 3.8) is 0 Å². The second-order valence-electron chi connectivity index (χ2n) is 3.92. The highest BCUT2D eigenvalue weighted by molar-refractivity contribution is 7.99. The number of aliphatic hydroxyl groups excluding tert-OH is 1. The second-order valence-corrected chi connectivity index (χ2v) is 4.91. The molecule has 0 aliphatic carbocycles. The molecule has 2 nitrogen and oxygen atoms in total. The summed E-state index contributed by atoms with van der Waals surface area (Å²) < 4.78 is 2.13. The second kappa shape index (κ2) is 7.09. The zero-order valence-electron chi connectivity index (χ0n) is 10.2. The molecule has 3 heteroatoms. The fourth-order valence-corrected chi connectivity index (χ4v) is 2.66. The van der Waals surface area contributed by atoms with Crippen molar-refractivity contribution in [2.75, 3.05) is 17.5 Å². The van der Waals surface area contributed by atoms with Crippen LogP contribution in [0.3, 0.4) is 0 Å². The average Bonchev–Trinajstić information content (AvgIpc) is 2.45. The molecule has 0 aliphatic rings. The summed E-state index contributed by atoms with van der Waals surface area (Å²) in [7, 11) is 0. The minimum Gasteiger partial charge on any atom is -0.394 e. The number of hydrogen-bond acceptors (Lipinski definition) is 3. The van der Waals surface area contributed by atoms with Crippen molar-refractivity contribution in [3.8, 4) is 0 Å². The Morgan fingerprint density at radius 3 is 2.11 bits per heavy atom. The van der Waals surface area contributed by atoms with E-state index in [1.165, 1.54) is 5.56 Å². The molecule has 0 spiro atoms. The number of nitrogens with zero attached hydrogens (tertiary/aromatic N) is 1. The van der Waals surface area contributed by atoms with Gasteiger partial charge in [-0.15, -0.1) is 0 Å². The van der Waals surface area contributed by atoms with Crippen molar-refractivity contribution in [1.82, 2.24) is 0 Å². The molecule has 0 radical (unpaired) electrons. The Labute approximate surface area is 112 Å². The van der Waals surface area contributed by atoms with Gasteiger partial charge in [-0.25, -0.2) is 0 Å². The summed E-state index contributed by atoms with van der Waals surface area (Å²) in [4.78, 5) is 0. The summed E-state index contributed by atoms with van der Waals surface area (Å²) in [5.74, 6) is 0.912. The molecule has 0 saturated heterocycles. The van der Waals surface area contributed by atoms with E-state index in [1.54, 1.807) is 11.9 Å². The molecule has 0 aromatic heterocycles. The number of hydrogen-bond donors (Lipinski definition) is 1. The fraction of sp³-hybridized carbons (Fsp3) is 0.200. The molecule has 2 rings (SSSR count). The predicted octanol–water partition coefficient (Wildman–Crippen LogP) is 3.33. The van der Waals surface area contributed by atoms with Crippen LogP contribution in [0, 0.1) is 0 Å². The van der Waals surface area contributed by atoms with E-state index in [2.05, 4.69) is 40.7 Å². The number of benzene rings is 2. The molecule has 0 saturated carbocycles. The first-order valence-corrected chi connectivity index (χ1v) is 6.94. The molecule has 18 heavy (non-hydrogen) atoms. The standard InChI is InChI=1S/C15H17NOS/c17-12-11-16(15-9-5-2-6-10-15)18-13-14-7-3-1-4-8-14/h1-10,17H,11-13H2. The molecule has 0 fully saturated rings. The largest absolute Gasteiger partial charge is 0.394 e. The van der Waals surface area contributed by atoms with E-state index in [1.807, 2.05) is 24.3 Å². The van der Waals surface area contributed by atoms with Gasteiger partial charge in [0, 0.05) is 11.4 Å². The van der Waals surface area contributed by atoms with Gasteiger partial charge in [-0.2, -0.15) is 0 Å². The van der Waals surface area contributed by atoms with Crippen molar-refractivity contribution in [2.24, 2.45) is 0 Å². The maximum Gasteiger partial charge on any atom is 0.0617 e. The minimum atomic E-state index is 0.163. The van der Waals surface area contributed by atoms with Gasteiger partial charge in [0.2, 0.25) is 0 Å². The quantitative estimate of drug-likeness (QED) is 0.805. The third kappa shape index (κ3) is 3.79. The maximum absolute atomic E-state index is 9.14. The molecule has 0 aliphatic heterocycles. The minimum absolute atomic E-state index is 0.163. The van der Waals surface area contributed by atoms with E-state index < -0.39 is 0 Å². The lowest BCUT2D eigenvalue weighted by Crippen LogP contribution is -2.18. The van der Waals surface area contributed by atoms with Crippen LogP contribution in [0.2, 0.25) is 0 Å². The van der Waals surface area contributed by atoms with Crippen molar-refractivity contribution in [1.29, 1.82) is 0 Å². The Kier molecular flexibility index (Phi) is 5.12. The lowest BCUT2D eigenvalue weighted by Gasteiger charge is -2.22. The first-order valence-electron chi connectivity index (χ1n) is 6.00. The third-order valence-electron chi connectivity index (χ3n) is 2.58. The topological polar surface area (TPSA) is 23.5 Å². The van der Waals surface area contributed by atoms with Gasteiger partial charge in [0.25, 0.3) is 0 Å². The molecule has 94 valence electrons. The van der Waals surface area contributed by atoms with E-state index in [0.717, 1.165) is 11.4 Å². The zero-order chi connectivity index (χ0) is 12.6. The summed E-state index contributed by atoms with van der Waals surface area (Å²) in [6, 6.07) is 20.5. The number of para-hydroxylation sites is 1. The van der Waals surface area contributed by atoms with Crippen molar-refractivity contribution in [3.05, 3.63) is 66.2 Å². The highest BCUT2D eigenvalue weighted by atomic mass is 32.2. The Morgan fingerprint density at radius 2 is 1.50 bits per heavy atom. The van der Waals surface area contributed by atoms with Crippen LogP contribution in [0.1, 0.15) is 5.56 Å². The molecule has 0 amide bonds. The molecule has 0 unspecified atom stereocenters. The van der Waals surface area contributed by atoms with Crippen LogP contribution in [-0.4, -0.2) is 18.3 Å². The van der Waals surface area contributed by atoms with Gasteiger partial charge < -0.3 is 9.41 Å². The van der Waals surface area contributed by atoms with Crippen LogP contribution in [0.5, 0.6) is 0 Å². The summed E-state index contributed by atoms with van der Waals surface area (Å²) in [5, 5.41) is 9.14. The van der Waals surface area contributed by atoms with Crippen molar-refractivity contribution >= 4 is 17.6 Å². The van der Waals surface area contributed by atoms with Crippen molar-refractivity contribution in [2.45, 2.75) is 5.75 Å². The van der Waals surface area contributed by atoms with Gasteiger partial charge in [-0.3, -0.25) is 0 Å². The van der Waals surface area contributed by atoms with Crippen LogP contribution in [0.4, 0.5) is 5.69 Å². The molecule has 0 heterocycles. The monoisotopic (exact) mass is 259 g/mol. The van der Waals surface area contributed by atoms with E-state index in [4.69, 9.17) is 5.11 Å². The number of aliphatic hydroxyl groups is 1. The Hall–Kier alpha value is -1.45. The summed E-state index contributed by atoms with van der Waals surface area (Å²) in [6.07, 6.45) is 0. The number of anilines is 1. The lowest BCUT2D eigenvalue weighted by molar-refractivity contribution is 0.308. The Bertz CT molecular complexity index is 447. The van der Waals surface area contributed by atoms with Crippen LogP contribution >= 0.6 is 11.9 Å². The van der Waals surface area contributed by atoms with Gasteiger partial charge in [-0.1, -0.05) is 48.5 Å². The summed E-state index contributed by atoms with van der Waals surface area (Å²) >= 11 is 1.73. The van der Waals surface area contributed by atoms with E-state index in [0.29, 0.717) is 6.54 Å². The molecule has 2 aromatic rings. The lowest BCUT2D eigenvalue weighted by atomic mass is 10.2. The highest BCUT2D eigenvalue weighted by Crippen LogP contribution is 2.24. The molecule has 0 atom stereocenters. The normalized spacial score (nSPS) is 10.3. The zero-order valence-corrected chi connectivity index (χ0v) is 11.0. The van der Waals surface area contributed by atoms with Crippen LogP contribution in [0.15, 0.2) is 60.7 Å². The third-order valence-corrected chi connectivity index (χ3v) is 3.74. The van der Waals surface area contributed by atoms with E-state index in [-0.39, 0.29) is 6.61 Å². The van der Waals surface area contributed by atoms with E-state index in [9.17, 15) is 0 Å². The van der Waals surface area contributed by atoms with Crippen molar-refractivity contribution < 1.29 is 5.11 Å². The summed E-state index contributed by atoms with van der Waals surface area (Å²) in [6.45, 7) is 0.804. The van der Waals surface area contributed by atoms with Crippen LogP contribution < -0.4 is 4.31 Å². The Morgan fingerprint density at radius 1 is 0.889 bits per heavy atom. The molecule has 0 bridgehead atoms. The summed E-state index contributed by atoms with van der Waals surface area (Å²) in [5.41, 5.74) is 2.42. The molecule has 1 N–H and O–H groups in total. The van der Waals surface area contributed by atoms with Gasteiger partial charge in [-0.05, 0) is 29.6 Å². The average molecular weight is 259 g/mol. The van der Waals surface area contributed by atoms with E-state index >= 15 is 0 Å². The molecular formula is C15H17NOS. The molecule has 2 aromatic carbocycles. The van der Waals surface area contributed by atoms with Gasteiger partial charge in [0.15, 0.2) is 0 Å². The first-order chi connectivity index (χ1) is 8.90. The van der Waals surface area contributed by atoms with Crippen LogP contribution in [-0.2, 0) is 5.75 Å². The van der Waals surface area contributed by atoms with Gasteiger partial charge >= 0.3 is 0 Å². The first kappa shape index (κ1) is 13.0. The van der Waals surface area contributed by atoms with Gasteiger partial charge in [0.1, 0.15) is 0 Å². The smallest absolute Gasteiger partial charge is 0.0617 e. The predicted molar refractivity (Wildman–Crippen MR) is 78.6 cm³/mol. The SMILES string of the molecule is OCCN(SCc1ccccc1)c1ccccc1. The highest BCUT2D eigenvalue weighted by Gasteiger charge is 2.06. The fourth-order valence-electron chi connectivity index (χ4n) is 1.68. The molecular weight excluding hydrogens is 242 g/mol. The number of rotatable bonds is 6. The van der Waals surface area contributed by atoms with Crippen LogP contribution in [0.25, 0.3) is 0 Å². The Balaban J connectivity index is 1.99.